The van der Waals surface area contributed by atoms with Gasteiger partial charge in [0.05, 0.1) is 4.92 Å². The summed E-state index contributed by atoms with van der Waals surface area (Å²) in [6.45, 7) is 0.711. The third-order valence-corrected chi connectivity index (χ3v) is 3.19. The second kappa shape index (κ2) is 7.81. The Morgan fingerprint density at radius 3 is 2.65 bits per heavy atom. The lowest BCUT2D eigenvalue weighted by atomic mass is 10.1. The van der Waals surface area contributed by atoms with E-state index in [1.807, 2.05) is 0 Å². The lowest BCUT2D eigenvalue weighted by molar-refractivity contribution is -0.384. The quantitative estimate of drug-likeness (QED) is 0.476. The van der Waals surface area contributed by atoms with Crippen molar-refractivity contribution in [1.29, 1.82) is 0 Å². The number of carbonyl (C=O) groups is 1. The molecule has 0 saturated carbocycles. The van der Waals surface area contributed by atoms with Crippen LogP contribution in [0.2, 0.25) is 5.02 Å². The topological polar surface area (TPSA) is 83.7 Å². The lowest BCUT2D eigenvalue weighted by Gasteiger charge is -2.17. The van der Waals surface area contributed by atoms with E-state index in [9.17, 15) is 14.9 Å². The van der Waals surface area contributed by atoms with Gasteiger partial charge in [-0.3, -0.25) is 14.9 Å². The van der Waals surface area contributed by atoms with Crippen LogP contribution < -0.4 is 0 Å². The average Bonchev–Trinajstić information content (AvgIpc) is 2.42. The van der Waals surface area contributed by atoms with Crippen LogP contribution in [0, 0.1) is 10.1 Å². The smallest absolute Gasteiger partial charge is 0.287 e. The van der Waals surface area contributed by atoms with Crippen molar-refractivity contribution >= 4 is 23.2 Å². The van der Waals surface area contributed by atoms with Gasteiger partial charge < -0.3 is 10.0 Å². The Labute approximate surface area is 122 Å². The molecule has 1 aromatic carbocycles. The minimum atomic E-state index is -0.588. The van der Waals surface area contributed by atoms with Gasteiger partial charge in [-0.05, 0) is 31.4 Å². The van der Waals surface area contributed by atoms with Crippen LogP contribution in [-0.4, -0.2) is 41.0 Å². The van der Waals surface area contributed by atoms with Crippen LogP contribution in [0.4, 0.5) is 5.69 Å². The maximum absolute atomic E-state index is 12.1. The van der Waals surface area contributed by atoms with Crippen LogP contribution in [0.25, 0.3) is 0 Å². The van der Waals surface area contributed by atoms with Crippen LogP contribution in [0.15, 0.2) is 18.2 Å². The SMILES string of the molecule is CN(CCCCCO)C(=O)c1ccc([N+](=O)[O-])c(Cl)c1. The first kappa shape index (κ1) is 16.4. The molecule has 0 unspecified atom stereocenters. The Kier molecular flexibility index (Phi) is 6.41. The van der Waals surface area contributed by atoms with Crippen molar-refractivity contribution in [2.45, 2.75) is 19.3 Å². The first-order valence-corrected chi connectivity index (χ1v) is 6.65. The summed E-state index contributed by atoms with van der Waals surface area (Å²) in [6, 6.07) is 3.94. The summed E-state index contributed by atoms with van der Waals surface area (Å²) in [4.78, 5) is 23.7. The summed E-state index contributed by atoms with van der Waals surface area (Å²) >= 11 is 5.78. The van der Waals surface area contributed by atoms with E-state index in [2.05, 4.69) is 0 Å². The highest BCUT2D eigenvalue weighted by Gasteiger charge is 2.17. The number of unbranched alkanes of at least 4 members (excludes halogenated alkanes) is 2. The third kappa shape index (κ3) is 4.47. The predicted octanol–water partition coefficient (Wildman–Crippen LogP) is 2.48. The number of nitro benzene ring substituents is 1. The van der Waals surface area contributed by atoms with Crippen molar-refractivity contribution in [3.05, 3.63) is 38.9 Å². The van der Waals surface area contributed by atoms with Gasteiger partial charge in [0.15, 0.2) is 0 Å². The molecular formula is C13H17ClN2O4. The Hall–Kier alpha value is -1.66. The highest BCUT2D eigenvalue weighted by atomic mass is 35.5. The first-order chi connectivity index (χ1) is 9.47. The van der Waals surface area contributed by atoms with Crippen molar-refractivity contribution in [1.82, 2.24) is 4.90 Å². The first-order valence-electron chi connectivity index (χ1n) is 6.27. The molecular weight excluding hydrogens is 284 g/mol. The summed E-state index contributed by atoms with van der Waals surface area (Å²) in [5.41, 5.74) is 0.110. The molecule has 0 radical (unpaired) electrons. The lowest BCUT2D eigenvalue weighted by Crippen LogP contribution is -2.27. The van der Waals surface area contributed by atoms with Crippen LogP contribution in [0.1, 0.15) is 29.6 Å². The van der Waals surface area contributed by atoms with Crippen molar-refractivity contribution in [3.8, 4) is 0 Å². The molecule has 1 amide bonds. The van der Waals surface area contributed by atoms with E-state index in [4.69, 9.17) is 16.7 Å². The summed E-state index contributed by atoms with van der Waals surface area (Å²) in [5, 5.41) is 19.3. The number of halogens is 1. The van der Waals surface area contributed by atoms with Crippen molar-refractivity contribution in [2.75, 3.05) is 20.2 Å². The Morgan fingerprint density at radius 2 is 2.10 bits per heavy atom. The molecule has 1 N–H and O–H groups in total. The third-order valence-electron chi connectivity index (χ3n) is 2.89. The number of hydrogen-bond acceptors (Lipinski definition) is 4. The molecule has 0 aliphatic rings. The van der Waals surface area contributed by atoms with E-state index in [-0.39, 0.29) is 23.2 Å². The summed E-state index contributed by atoms with van der Waals surface area (Å²) < 4.78 is 0. The molecule has 7 heteroatoms. The molecule has 6 nitrogen and oxygen atoms in total. The normalized spacial score (nSPS) is 10.3. The number of carbonyl (C=O) groups excluding carboxylic acids is 1. The van der Waals surface area contributed by atoms with Gasteiger partial charge in [-0.2, -0.15) is 0 Å². The van der Waals surface area contributed by atoms with Crippen molar-refractivity contribution in [3.63, 3.8) is 0 Å². The molecule has 0 aromatic heterocycles. The van der Waals surface area contributed by atoms with E-state index in [0.29, 0.717) is 18.5 Å². The molecule has 0 aliphatic heterocycles. The minimum absolute atomic E-state index is 0.0467. The number of rotatable bonds is 7. The van der Waals surface area contributed by atoms with E-state index in [1.54, 1.807) is 7.05 Å². The van der Waals surface area contributed by atoms with Crippen LogP contribution in [0.3, 0.4) is 0 Å². The highest BCUT2D eigenvalue weighted by Crippen LogP contribution is 2.25. The molecule has 0 aliphatic carbocycles. The Balaban J connectivity index is 2.67. The summed E-state index contributed by atoms with van der Waals surface area (Å²) in [7, 11) is 1.66. The average molecular weight is 301 g/mol. The van der Waals surface area contributed by atoms with Crippen LogP contribution >= 0.6 is 11.6 Å². The largest absolute Gasteiger partial charge is 0.396 e. The second-order valence-electron chi connectivity index (χ2n) is 4.43. The van der Waals surface area contributed by atoms with E-state index in [1.165, 1.54) is 23.1 Å². The van der Waals surface area contributed by atoms with E-state index < -0.39 is 4.92 Å². The fraction of sp³-hybridized carbons (Fsp3) is 0.462. The minimum Gasteiger partial charge on any atom is -0.396 e. The predicted molar refractivity (Wildman–Crippen MR) is 76.0 cm³/mol. The van der Waals surface area contributed by atoms with Gasteiger partial charge in [-0.15, -0.1) is 0 Å². The van der Waals surface area contributed by atoms with Gasteiger partial charge in [-0.1, -0.05) is 11.6 Å². The van der Waals surface area contributed by atoms with Crippen molar-refractivity contribution < 1.29 is 14.8 Å². The number of amides is 1. The van der Waals surface area contributed by atoms with Crippen molar-refractivity contribution in [2.24, 2.45) is 0 Å². The molecule has 110 valence electrons. The van der Waals surface area contributed by atoms with Crippen LogP contribution in [-0.2, 0) is 0 Å². The summed E-state index contributed by atoms with van der Waals surface area (Å²) in [6.07, 6.45) is 2.35. The molecule has 20 heavy (non-hydrogen) atoms. The molecule has 0 saturated heterocycles. The fourth-order valence-corrected chi connectivity index (χ4v) is 2.00. The number of nitrogens with zero attached hydrogens (tertiary/aromatic N) is 2. The van der Waals surface area contributed by atoms with Crippen LogP contribution in [0.5, 0.6) is 0 Å². The Morgan fingerprint density at radius 1 is 1.40 bits per heavy atom. The maximum Gasteiger partial charge on any atom is 0.287 e. The Bertz CT molecular complexity index is 493. The maximum atomic E-state index is 12.1. The zero-order chi connectivity index (χ0) is 15.1. The number of aliphatic hydroxyl groups excluding tert-OH is 1. The number of nitro groups is 1. The molecule has 1 aromatic rings. The fourth-order valence-electron chi connectivity index (χ4n) is 1.75. The van der Waals surface area contributed by atoms with Gasteiger partial charge in [0.2, 0.25) is 0 Å². The van der Waals surface area contributed by atoms with Gasteiger partial charge in [0, 0.05) is 31.8 Å². The zero-order valence-electron chi connectivity index (χ0n) is 11.2. The molecule has 0 spiro atoms. The second-order valence-corrected chi connectivity index (χ2v) is 4.84. The van der Waals surface area contributed by atoms with Gasteiger partial charge in [0.1, 0.15) is 5.02 Å². The van der Waals surface area contributed by atoms with Gasteiger partial charge >= 0.3 is 0 Å². The molecule has 0 fully saturated rings. The zero-order valence-corrected chi connectivity index (χ0v) is 12.0. The van der Waals surface area contributed by atoms with Gasteiger partial charge in [-0.25, -0.2) is 0 Å². The number of aliphatic hydroxyl groups is 1. The summed E-state index contributed by atoms with van der Waals surface area (Å²) in [5.74, 6) is -0.231. The highest BCUT2D eigenvalue weighted by molar-refractivity contribution is 6.33. The molecule has 0 atom stereocenters. The molecule has 0 heterocycles. The van der Waals surface area contributed by atoms with Gasteiger partial charge in [0.25, 0.3) is 11.6 Å². The number of hydrogen-bond donors (Lipinski definition) is 1. The van der Waals surface area contributed by atoms with E-state index in [0.717, 1.165) is 12.8 Å². The monoisotopic (exact) mass is 300 g/mol. The molecule has 0 bridgehead atoms. The van der Waals surface area contributed by atoms with E-state index >= 15 is 0 Å². The number of benzene rings is 1. The standard InChI is InChI=1S/C13H17ClN2O4/c1-15(7-3-2-4-8-17)13(18)10-5-6-12(16(19)20)11(14)9-10/h5-6,9,17H,2-4,7-8H2,1H3. The molecule has 1 rings (SSSR count).